The topological polar surface area (TPSA) is 66.4 Å². The van der Waals surface area contributed by atoms with Crippen LogP contribution in [0.15, 0.2) is 18.2 Å². The van der Waals surface area contributed by atoms with E-state index in [-0.39, 0.29) is 12.3 Å². The molecule has 4 heteroatoms. The van der Waals surface area contributed by atoms with Crippen LogP contribution in [0.1, 0.15) is 56.6 Å². The molecule has 0 heterocycles. The molecule has 4 nitrogen and oxygen atoms in total. The van der Waals surface area contributed by atoms with Crippen molar-refractivity contribution in [1.29, 1.82) is 0 Å². The first-order valence-electron chi connectivity index (χ1n) is 7.03. The molecule has 0 aliphatic heterocycles. The van der Waals surface area contributed by atoms with Crippen LogP contribution in [0.4, 0.5) is 5.69 Å². The average Bonchev–Trinajstić information content (AvgIpc) is 2.36. The lowest BCUT2D eigenvalue weighted by Crippen LogP contribution is -2.14. The van der Waals surface area contributed by atoms with E-state index in [1.807, 2.05) is 25.1 Å². The number of hydrogen-bond acceptors (Lipinski definition) is 2. The van der Waals surface area contributed by atoms with E-state index in [0.717, 1.165) is 16.8 Å². The molecule has 0 saturated heterocycles. The summed E-state index contributed by atoms with van der Waals surface area (Å²) < 4.78 is 0. The quantitative estimate of drug-likeness (QED) is 0.747. The van der Waals surface area contributed by atoms with E-state index in [0.29, 0.717) is 25.2 Å². The summed E-state index contributed by atoms with van der Waals surface area (Å²) >= 11 is 0. The fourth-order valence-electron chi connectivity index (χ4n) is 2.11. The first kappa shape index (κ1) is 16.2. The van der Waals surface area contributed by atoms with Gasteiger partial charge in [0.15, 0.2) is 0 Å². The summed E-state index contributed by atoms with van der Waals surface area (Å²) in [7, 11) is 0. The van der Waals surface area contributed by atoms with E-state index in [2.05, 4.69) is 19.2 Å². The Morgan fingerprint density at radius 3 is 2.45 bits per heavy atom. The number of aliphatic carboxylic acids is 1. The molecule has 110 valence electrons. The highest BCUT2D eigenvalue weighted by Crippen LogP contribution is 2.27. The molecule has 0 bridgehead atoms. The van der Waals surface area contributed by atoms with Gasteiger partial charge in [-0.15, -0.1) is 0 Å². The maximum Gasteiger partial charge on any atom is 0.303 e. The van der Waals surface area contributed by atoms with Gasteiger partial charge in [-0.1, -0.05) is 32.0 Å². The molecule has 0 unspecified atom stereocenters. The lowest BCUT2D eigenvalue weighted by atomic mass is 9.98. The standard InChI is InChI=1S/C16H23NO3/c1-11(2)13-8-6-7-12(3)16(13)17-14(18)9-4-5-10-15(19)20/h6-8,11H,4-5,9-10H2,1-3H3,(H,17,18)(H,19,20). The second kappa shape index (κ2) is 7.68. The van der Waals surface area contributed by atoms with Crippen molar-refractivity contribution in [3.63, 3.8) is 0 Å². The SMILES string of the molecule is Cc1cccc(C(C)C)c1NC(=O)CCCCC(=O)O. The number of carboxylic acid groups (broad SMARTS) is 1. The number of para-hydroxylation sites is 1. The number of carbonyl (C=O) groups is 2. The zero-order chi connectivity index (χ0) is 15.1. The Morgan fingerprint density at radius 1 is 1.20 bits per heavy atom. The molecule has 0 aliphatic rings. The number of carboxylic acids is 1. The summed E-state index contributed by atoms with van der Waals surface area (Å²) in [6.07, 6.45) is 1.61. The molecule has 0 atom stereocenters. The van der Waals surface area contributed by atoms with Crippen molar-refractivity contribution in [3.8, 4) is 0 Å². The van der Waals surface area contributed by atoms with Crippen LogP contribution in [0.5, 0.6) is 0 Å². The molecule has 0 fully saturated rings. The van der Waals surface area contributed by atoms with Crippen molar-refractivity contribution in [1.82, 2.24) is 0 Å². The van der Waals surface area contributed by atoms with Crippen molar-refractivity contribution >= 4 is 17.6 Å². The minimum atomic E-state index is -0.814. The molecule has 20 heavy (non-hydrogen) atoms. The van der Waals surface area contributed by atoms with Crippen molar-refractivity contribution in [2.24, 2.45) is 0 Å². The molecule has 0 aliphatic carbocycles. The van der Waals surface area contributed by atoms with Gasteiger partial charge in [0.1, 0.15) is 0 Å². The van der Waals surface area contributed by atoms with Crippen LogP contribution in [0.3, 0.4) is 0 Å². The van der Waals surface area contributed by atoms with E-state index in [9.17, 15) is 9.59 Å². The molecule has 1 aromatic carbocycles. The maximum absolute atomic E-state index is 11.9. The summed E-state index contributed by atoms with van der Waals surface area (Å²) in [5.41, 5.74) is 3.07. The second-order valence-electron chi connectivity index (χ2n) is 5.34. The van der Waals surface area contributed by atoms with E-state index in [1.165, 1.54) is 0 Å². The molecule has 2 N–H and O–H groups in total. The van der Waals surface area contributed by atoms with Crippen molar-refractivity contribution in [2.45, 2.75) is 52.4 Å². The van der Waals surface area contributed by atoms with Crippen LogP contribution in [0, 0.1) is 6.92 Å². The lowest BCUT2D eigenvalue weighted by molar-refractivity contribution is -0.137. The molecule has 0 radical (unpaired) electrons. The zero-order valence-corrected chi connectivity index (χ0v) is 12.4. The zero-order valence-electron chi connectivity index (χ0n) is 12.4. The third kappa shape index (κ3) is 5.03. The van der Waals surface area contributed by atoms with Crippen LogP contribution in [-0.2, 0) is 9.59 Å². The van der Waals surface area contributed by atoms with Crippen LogP contribution in [-0.4, -0.2) is 17.0 Å². The van der Waals surface area contributed by atoms with Crippen molar-refractivity contribution < 1.29 is 14.7 Å². The highest BCUT2D eigenvalue weighted by molar-refractivity contribution is 5.92. The van der Waals surface area contributed by atoms with Gasteiger partial charge < -0.3 is 10.4 Å². The largest absolute Gasteiger partial charge is 0.481 e. The molecule has 0 saturated carbocycles. The van der Waals surface area contributed by atoms with Crippen molar-refractivity contribution in [3.05, 3.63) is 29.3 Å². The fraction of sp³-hybridized carbons (Fsp3) is 0.500. The minimum absolute atomic E-state index is 0.0495. The number of rotatable bonds is 7. The second-order valence-corrected chi connectivity index (χ2v) is 5.34. The number of benzene rings is 1. The Kier molecular flexibility index (Phi) is 6.22. The first-order chi connectivity index (χ1) is 9.41. The van der Waals surface area contributed by atoms with Crippen LogP contribution in [0.25, 0.3) is 0 Å². The predicted molar refractivity (Wildman–Crippen MR) is 80.0 cm³/mol. The van der Waals surface area contributed by atoms with Gasteiger partial charge in [-0.25, -0.2) is 0 Å². The lowest BCUT2D eigenvalue weighted by Gasteiger charge is -2.16. The normalized spacial score (nSPS) is 10.6. The molecule has 0 spiro atoms. The molecule has 0 aromatic heterocycles. The number of anilines is 1. The number of carbonyl (C=O) groups excluding carboxylic acids is 1. The van der Waals surface area contributed by atoms with Gasteiger partial charge in [0.25, 0.3) is 0 Å². The Balaban J connectivity index is 2.59. The van der Waals surface area contributed by atoms with Crippen LogP contribution < -0.4 is 5.32 Å². The summed E-state index contributed by atoms with van der Waals surface area (Å²) in [5.74, 6) is -0.518. The van der Waals surface area contributed by atoms with Gasteiger partial charge in [0, 0.05) is 18.5 Å². The smallest absolute Gasteiger partial charge is 0.303 e. The average molecular weight is 277 g/mol. The van der Waals surface area contributed by atoms with E-state index in [1.54, 1.807) is 0 Å². The third-order valence-corrected chi connectivity index (χ3v) is 3.24. The molecule has 1 amide bonds. The number of nitrogens with one attached hydrogen (secondary N) is 1. The minimum Gasteiger partial charge on any atom is -0.481 e. The van der Waals surface area contributed by atoms with E-state index < -0.39 is 5.97 Å². The van der Waals surface area contributed by atoms with E-state index >= 15 is 0 Å². The fourth-order valence-corrected chi connectivity index (χ4v) is 2.11. The Morgan fingerprint density at radius 2 is 1.85 bits per heavy atom. The molecule has 1 aromatic rings. The van der Waals surface area contributed by atoms with E-state index in [4.69, 9.17) is 5.11 Å². The maximum atomic E-state index is 11.9. The number of aryl methyl sites for hydroxylation is 1. The molecular weight excluding hydrogens is 254 g/mol. The molecule has 1 rings (SSSR count). The van der Waals surface area contributed by atoms with Crippen LogP contribution >= 0.6 is 0 Å². The first-order valence-corrected chi connectivity index (χ1v) is 7.03. The Labute approximate surface area is 120 Å². The number of unbranched alkanes of at least 4 members (excludes halogenated alkanes) is 1. The summed E-state index contributed by atoms with van der Waals surface area (Å²) in [6, 6.07) is 6.00. The predicted octanol–water partition coefficient (Wildman–Crippen LogP) is 3.70. The highest BCUT2D eigenvalue weighted by Gasteiger charge is 2.11. The highest BCUT2D eigenvalue weighted by atomic mass is 16.4. The Hall–Kier alpha value is -1.84. The molecular formula is C16H23NO3. The van der Waals surface area contributed by atoms with Gasteiger partial charge in [0.2, 0.25) is 5.91 Å². The van der Waals surface area contributed by atoms with Gasteiger partial charge in [-0.2, -0.15) is 0 Å². The summed E-state index contributed by atoms with van der Waals surface area (Å²) in [5, 5.41) is 11.5. The van der Waals surface area contributed by atoms with Gasteiger partial charge in [-0.05, 0) is 36.8 Å². The monoisotopic (exact) mass is 277 g/mol. The summed E-state index contributed by atoms with van der Waals surface area (Å²) in [4.78, 5) is 22.3. The number of amides is 1. The van der Waals surface area contributed by atoms with Gasteiger partial charge >= 0.3 is 5.97 Å². The summed E-state index contributed by atoms with van der Waals surface area (Å²) in [6.45, 7) is 6.17. The number of hydrogen-bond donors (Lipinski definition) is 2. The third-order valence-electron chi connectivity index (χ3n) is 3.24. The van der Waals surface area contributed by atoms with Crippen LogP contribution in [0.2, 0.25) is 0 Å². The van der Waals surface area contributed by atoms with Gasteiger partial charge in [0.05, 0.1) is 0 Å². The van der Waals surface area contributed by atoms with Crippen molar-refractivity contribution in [2.75, 3.05) is 5.32 Å². The van der Waals surface area contributed by atoms with Gasteiger partial charge in [-0.3, -0.25) is 9.59 Å². The Bertz CT molecular complexity index is 481.